The van der Waals surface area contributed by atoms with E-state index >= 15 is 0 Å². The van der Waals surface area contributed by atoms with Crippen LogP contribution in [0.5, 0.6) is 0 Å². The van der Waals surface area contributed by atoms with E-state index in [1.807, 2.05) is 35.2 Å². The molecule has 27 heavy (non-hydrogen) atoms. The topological polar surface area (TPSA) is 40.2 Å². The zero-order valence-corrected chi connectivity index (χ0v) is 16.4. The number of methoxy groups -OCH3 is 2. The van der Waals surface area contributed by atoms with Gasteiger partial charge in [0.2, 0.25) is 11.6 Å². The second kappa shape index (κ2) is 7.72. The summed E-state index contributed by atoms with van der Waals surface area (Å²) >= 11 is 0. The third-order valence-electron chi connectivity index (χ3n) is 6.03. The lowest BCUT2D eigenvalue weighted by Crippen LogP contribution is -2.73. The Morgan fingerprint density at radius 3 is 2.19 bits per heavy atom. The van der Waals surface area contributed by atoms with Crippen molar-refractivity contribution in [2.75, 3.05) is 40.7 Å². The number of rotatable bonds is 6. The molecule has 4 atom stereocenters. The monoisotopic (exact) mass is 385 g/mol. The van der Waals surface area contributed by atoms with Crippen molar-refractivity contribution < 1.29 is 27.7 Å². The molecule has 1 aromatic carbocycles. The van der Waals surface area contributed by atoms with E-state index in [2.05, 4.69) is 0 Å². The number of nitrogens with zero attached hydrogens (tertiary/aromatic N) is 1. The Balaban J connectivity index is 1.90. The fraction of sp³-hybridized carbons (Fsp3) is 0.700. The van der Waals surface area contributed by atoms with Crippen LogP contribution in [0.15, 0.2) is 30.3 Å². The number of fused-ring (bicyclic) bond motifs is 1. The quantitative estimate of drug-likeness (QED) is 0.753. The minimum atomic E-state index is -1.31. The summed E-state index contributed by atoms with van der Waals surface area (Å²) in [5.74, 6) is -2.48. The van der Waals surface area contributed by atoms with Crippen LogP contribution >= 0.6 is 0 Å². The average Bonchev–Trinajstić information content (AvgIpc) is 2.69. The smallest absolute Gasteiger partial charge is 0.220 e. The molecule has 2 heterocycles. The molecule has 0 bridgehead atoms. The molecule has 0 radical (unpaired) electrons. The van der Waals surface area contributed by atoms with Crippen LogP contribution in [-0.4, -0.2) is 69.3 Å². The standard InChI is InChI=1S/C20H29F2NO4/c1-18(24-3)19(2,25-4)27-17-16(26-18)11-23(14-20(17,12-21)13-22)10-15-8-6-5-7-9-15/h5-9,16-17H,10-14H2,1-4H3. The maximum absolute atomic E-state index is 14.2. The van der Waals surface area contributed by atoms with Gasteiger partial charge in [-0.3, -0.25) is 13.7 Å². The molecule has 0 aliphatic carbocycles. The molecule has 0 amide bonds. The van der Waals surface area contributed by atoms with Crippen molar-refractivity contribution >= 4 is 0 Å². The van der Waals surface area contributed by atoms with Gasteiger partial charge in [-0.2, -0.15) is 0 Å². The highest BCUT2D eigenvalue weighted by Crippen LogP contribution is 2.47. The third-order valence-corrected chi connectivity index (χ3v) is 6.03. The highest BCUT2D eigenvalue weighted by molar-refractivity contribution is 5.15. The zero-order chi connectivity index (χ0) is 19.7. The lowest BCUT2D eigenvalue weighted by atomic mass is 9.76. The van der Waals surface area contributed by atoms with E-state index in [0.717, 1.165) is 5.56 Å². The van der Waals surface area contributed by atoms with Crippen molar-refractivity contribution in [2.45, 2.75) is 44.2 Å². The van der Waals surface area contributed by atoms with Crippen LogP contribution in [0.25, 0.3) is 0 Å². The SMILES string of the molecule is COC1(C)OC2CN(Cc3ccccc3)CC(CF)(CF)C2OC1(C)OC. The Bertz CT molecular complexity index is 630. The molecule has 7 heteroatoms. The fourth-order valence-corrected chi connectivity index (χ4v) is 4.09. The first-order chi connectivity index (χ1) is 12.8. The van der Waals surface area contributed by atoms with Crippen LogP contribution < -0.4 is 0 Å². The second-order valence-corrected chi connectivity index (χ2v) is 7.78. The largest absolute Gasteiger partial charge is 0.349 e. The number of piperidine rings is 1. The first-order valence-electron chi connectivity index (χ1n) is 9.19. The summed E-state index contributed by atoms with van der Waals surface area (Å²) in [4.78, 5) is 2.02. The molecular formula is C20H29F2NO4. The van der Waals surface area contributed by atoms with E-state index in [-0.39, 0.29) is 6.54 Å². The Morgan fingerprint density at radius 1 is 1.04 bits per heavy atom. The predicted octanol–water partition coefficient (Wildman–Crippen LogP) is 2.94. The molecule has 0 spiro atoms. The molecule has 1 aromatic rings. The van der Waals surface area contributed by atoms with Crippen LogP contribution in [0.3, 0.4) is 0 Å². The van der Waals surface area contributed by atoms with Gasteiger partial charge in [-0.15, -0.1) is 0 Å². The number of hydrogen-bond donors (Lipinski definition) is 0. The molecule has 0 N–H and O–H groups in total. The van der Waals surface area contributed by atoms with Crippen molar-refractivity contribution in [2.24, 2.45) is 5.41 Å². The molecule has 152 valence electrons. The molecule has 0 saturated carbocycles. The molecule has 0 aromatic heterocycles. The first-order valence-corrected chi connectivity index (χ1v) is 9.19. The highest BCUT2D eigenvalue weighted by atomic mass is 19.1. The highest BCUT2D eigenvalue weighted by Gasteiger charge is 2.63. The molecule has 2 aliphatic heterocycles. The summed E-state index contributed by atoms with van der Waals surface area (Å²) in [7, 11) is 2.97. The summed E-state index contributed by atoms with van der Waals surface area (Å²) in [6.07, 6.45) is -1.31. The Kier molecular flexibility index (Phi) is 5.89. The van der Waals surface area contributed by atoms with E-state index in [9.17, 15) is 8.78 Å². The van der Waals surface area contributed by atoms with E-state index in [1.54, 1.807) is 13.8 Å². The molecular weight excluding hydrogens is 356 g/mol. The summed E-state index contributed by atoms with van der Waals surface area (Å²) in [5.41, 5.74) is -0.234. The van der Waals surface area contributed by atoms with Gasteiger partial charge in [-0.05, 0) is 19.4 Å². The van der Waals surface area contributed by atoms with Crippen molar-refractivity contribution in [1.29, 1.82) is 0 Å². The number of ether oxygens (including phenoxy) is 4. The molecule has 3 rings (SSSR count). The van der Waals surface area contributed by atoms with Gasteiger partial charge in [0.05, 0.1) is 5.41 Å². The summed E-state index contributed by atoms with van der Waals surface area (Å²) in [5, 5.41) is 0. The normalized spacial score (nSPS) is 36.4. The van der Waals surface area contributed by atoms with Crippen LogP contribution in [0, 0.1) is 5.41 Å². The van der Waals surface area contributed by atoms with Crippen LogP contribution in [0.4, 0.5) is 8.78 Å². The summed E-state index contributed by atoms with van der Waals surface area (Å²) < 4.78 is 51.8. The van der Waals surface area contributed by atoms with E-state index in [1.165, 1.54) is 14.2 Å². The van der Waals surface area contributed by atoms with Gasteiger partial charge >= 0.3 is 0 Å². The van der Waals surface area contributed by atoms with Crippen molar-refractivity contribution in [3.8, 4) is 0 Å². The first kappa shape index (κ1) is 20.6. The Hall–Kier alpha value is -1.12. The van der Waals surface area contributed by atoms with Gasteiger partial charge in [0.25, 0.3) is 0 Å². The van der Waals surface area contributed by atoms with Gasteiger partial charge in [0.1, 0.15) is 25.6 Å². The number of halogens is 2. The van der Waals surface area contributed by atoms with Crippen LogP contribution in [0.1, 0.15) is 19.4 Å². The van der Waals surface area contributed by atoms with Gasteiger partial charge in [0, 0.05) is 33.9 Å². The van der Waals surface area contributed by atoms with Crippen LogP contribution in [0.2, 0.25) is 0 Å². The lowest BCUT2D eigenvalue weighted by molar-refractivity contribution is -0.464. The molecule has 4 unspecified atom stereocenters. The van der Waals surface area contributed by atoms with Crippen molar-refractivity contribution in [1.82, 2.24) is 4.90 Å². The van der Waals surface area contributed by atoms with Gasteiger partial charge in [-0.25, -0.2) is 0 Å². The predicted molar refractivity (Wildman–Crippen MR) is 96.7 cm³/mol. The maximum atomic E-state index is 14.2. The van der Waals surface area contributed by atoms with Crippen molar-refractivity contribution in [3.63, 3.8) is 0 Å². The van der Waals surface area contributed by atoms with Crippen molar-refractivity contribution in [3.05, 3.63) is 35.9 Å². The fourth-order valence-electron chi connectivity index (χ4n) is 4.09. The summed E-state index contributed by atoms with van der Waals surface area (Å²) in [6.45, 7) is 3.01. The Labute approximate surface area is 159 Å². The van der Waals surface area contributed by atoms with Gasteiger partial charge < -0.3 is 18.9 Å². The number of benzene rings is 1. The van der Waals surface area contributed by atoms with Gasteiger partial charge in [-0.1, -0.05) is 30.3 Å². The third kappa shape index (κ3) is 3.51. The average molecular weight is 385 g/mol. The Morgan fingerprint density at radius 2 is 1.63 bits per heavy atom. The minimum Gasteiger partial charge on any atom is -0.349 e. The number of likely N-dealkylation sites (tertiary alicyclic amines) is 1. The van der Waals surface area contributed by atoms with E-state index < -0.39 is 42.5 Å². The summed E-state index contributed by atoms with van der Waals surface area (Å²) in [6, 6.07) is 9.84. The number of alkyl halides is 2. The van der Waals surface area contributed by atoms with Crippen LogP contribution in [-0.2, 0) is 25.5 Å². The molecule has 5 nitrogen and oxygen atoms in total. The molecule has 2 saturated heterocycles. The minimum absolute atomic E-state index is 0.239. The van der Waals surface area contributed by atoms with E-state index in [4.69, 9.17) is 18.9 Å². The molecule has 2 aliphatic rings. The zero-order valence-electron chi connectivity index (χ0n) is 16.4. The number of hydrogen-bond acceptors (Lipinski definition) is 5. The lowest BCUT2D eigenvalue weighted by Gasteiger charge is -2.59. The molecule has 2 fully saturated rings. The van der Waals surface area contributed by atoms with Gasteiger partial charge in [0.15, 0.2) is 0 Å². The van der Waals surface area contributed by atoms with E-state index in [0.29, 0.717) is 13.1 Å². The second-order valence-electron chi connectivity index (χ2n) is 7.78. The maximum Gasteiger partial charge on any atom is 0.220 e.